The lowest BCUT2D eigenvalue weighted by Gasteiger charge is -2.14. The van der Waals surface area contributed by atoms with E-state index in [1.54, 1.807) is 0 Å². The summed E-state index contributed by atoms with van der Waals surface area (Å²) in [5.41, 5.74) is 0.902. The smallest absolute Gasteiger partial charge is 0.258 e. The molecule has 1 rings (SSSR count). The van der Waals surface area contributed by atoms with Crippen LogP contribution < -0.4 is 10.0 Å². The van der Waals surface area contributed by atoms with Crippen molar-refractivity contribution in [2.24, 2.45) is 0 Å². The van der Waals surface area contributed by atoms with E-state index in [0.29, 0.717) is 11.4 Å². The van der Waals surface area contributed by atoms with E-state index in [9.17, 15) is 17.2 Å². The third kappa shape index (κ3) is 4.99. The normalized spacial score (nSPS) is 13.5. The summed E-state index contributed by atoms with van der Waals surface area (Å²) in [6, 6.07) is 5.12. The summed E-state index contributed by atoms with van der Waals surface area (Å²) in [6.45, 7) is 1.37. The molecule has 4 nitrogen and oxygen atoms in total. The van der Waals surface area contributed by atoms with Gasteiger partial charge in [-0.25, -0.2) is 17.2 Å². The first kappa shape index (κ1) is 13.7. The first-order valence-corrected chi connectivity index (χ1v) is 6.79. The van der Waals surface area contributed by atoms with E-state index >= 15 is 0 Å². The summed E-state index contributed by atoms with van der Waals surface area (Å²) in [4.78, 5) is 0. The molecule has 0 bridgehead atoms. The van der Waals surface area contributed by atoms with Gasteiger partial charge in [-0.3, -0.25) is 4.72 Å². The van der Waals surface area contributed by atoms with Gasteiger partial charge in [0.2, 0.25) is 10.0 Å². The van der Waals surface area contributed by atoms with Gasteiger partial charge in [-0.15, -0.1) is 0 Å². The fraction of sp³-hybridized carbons (Fsp3) is 0.400. The van der Waals surface area contributed by atoms with Crippen molar-refractivity contribution < 1.29 is 17.2 Å². The van der Waals surface area contributed by atoms with Gasteiger partial charge in [-0.2, -0.15) is 0 Å². The number of rotatable bonds is 5. The number of hydrogen-bond donors (Lipinski definition) is 2. The lowest BCUT2D eigenvalue weighted by molar-refractivity contribution is 0.131. The zero-order valence-electron chi connectivity index (χ0n) is 9.44. The number of nitrogens with one attached hydrogen (secondary N) is 2. The topological polar surface area (TPSA) is 58.2 Å². The van der Waals surface area contributed by atoms with Crippen molar-refractivity contribution in [3.8, 4) is 0 Å². The Morgan fingerprint density at radius 1 is 1.12 bits per heavy atom. The molecule has 2 N–H and O–H groups in total. The molecular weight excluding hydrogens is 250 g/mol. The first-order chi connectivity index (χ1) is 7.78. The second-order valence-corrected chi connectivity index (χ2v) is 5.47. The van der Waals surface area contributed by atoms with Crippen LogP contribution in [0, 0.1) is 0 Å². The Kier molecular flexibility index (Phi) is 4.28. The molecule has 0 aromatic heterocycles. The minimum atomic E-state index is -3.32. The highest BCUT2D eigenvalue weighted by Crippen LogP contribution is 2.16. The van der Waals surface area contributed by atoms with Crippen molar-refractivity contribution in [2.45, 2.75) is 19.4 Å². The van der Waals surface area contributed by atoms with Gasteiger partial charge in [0, 0.05) is 11.4 Å². The van der Waals surface area contributed by atoms with Gasteiger partial charge in [0.1, 0.15) is 0 Å². The molecule has 1 unspecified atom stereocenters. The third-order valence-electron chi connectivity index (χ3n) is 1.96. The highest BCUT2D eigenvalue weighted by atomic mass is 32.2. The Hall–Kier alpha value is -1.37. The van der Waals surface area contributed by atoms with Gasteiger partial charge in [-0.1, -0.05) is 0 Å². The highest BCUT2D eigenvalue weighted by Gasteiger charge is 2.13. The van der Waals surface area contributed by atoms with Gasteiger partial charge < -0.3 is 5.32 Å². The van der Waals surface area contributed by atoms with Crippen LogP contribution in [-0.2, 0) is 10.0 Å². The van der Waals surface area contributed by atoms with E-state index in [0.717, 1.165) is 6.26 Å². The Bertz CT molecular complexity index is 460. The molecule has 1 aromatic carbocycles. The summed E-state index contributed by atoms with van der Waals surface area (Å²) in [7, 11) is -3.32. The zero-order chi connectivity index (χ0) is 13.1. The molecule has 0 aliphatic rings. The summed E-state index contributed by atoms with van der Waals surface area (Å²) in [5, 5.41) is 2.60. The van der Waals surface area contributed by atoms with Gasteiger partial charge in [-0.05, 0) is 31.2 Å². The quantitative estimate of drug-likeness (QED) is 0.856. The summed E-state index contributed by atoms with van der Waals surface area (Å²) in [6.07, 6.45) is -1.42. The molecule has 0 spiro atoms. The predicted octanol–water partition coefficient (Wildman–Crippen LogP) is 2.12. The number of sulfonamides is 1. The van der Waals surface area contributed by atoms with Crippen LogP contribution in [0.25, 0.3) is 0 Å². The molecule has 0 aliphatic heterocycles. The van der Waals surface area contributed by atoms with E-state index in [1.165, 1.54) is 31.2 Å². The number of benzene rings is 1. The SMILES string of the molecule is CC(Nc1ccc(NS(C)(=O)=O)cc1)C(F)F. The van der Waals surface area contributed by atoms with Crippen LogP contribution in [0.1, 0.15) is 6.92 Å². The fourth-order valence-corrected chi connectivity index (χ4v) is 1.74. The molecule has 0 saturated carbocycles. The Morgan fingerprint density at radius 2 is 1.59 bits per heavy atom. The predicted molar refractivity (Wildman–Crippen MR) is 64.0 cm³/mol. The molecule has 0 aliphatic carbocycles. The molecule has 17 heavy (non-hydrogen) atoms. The van der Waals surface area contributed by atoms with Gasteiger partial charge in [0.05, 0.1) is 12.3 Å². The maximum atomic E-state index is 12.3. The van der Waals surface area contributed by atoms with Crippen LogP contribution in [0.15, 0.2) is 24.3 Å². The number of alkyl halides is 2. The molecule has 0 saturated heterocycles. The lowest BCUT2D eigenvalue weighted by atomic mass is 10.2. The minimum Gasteiger partial charge on any atom is -0.377 e. The monoisotopic (exact) mass is 264 g/mol. The number of anilines is 2. The minimum absolute atomic E-state index is 0.391. The van der Waals surface area contributed by atoms with Crippen molar-refractivity contribution in [3.05, 3.63) is 24.3 Å². The summed E-state index contributed by atoms with van der Waals surface area (Å²) in [5.74, 6) is 0. The van der Waals surface area contributed by atoms with Crippen molar-refractivity contribution in [1.82, 2.24) is 0 Å². The molecular formula is C10H14F2N2O2S. The van der Waals surface area contributed by atoms with E-state index in [4.69, 9.17) is 0 Å². The second-order valence-electron chi connectivity index (χ2n) is 3.72. The Balaban J connectivity index is 2.68. The number of hydrogen-bond acceptors (Lipinski definition) is 3. The van der Waals surface area contributed by atoms with E-state index in [-0.39, 0.29) is 0 Å². The van der Waals surface area contributed by atoms with Crippen LogP contribution in [-0.4, -0.2) is 27.1 Å². The molecule has 1 aromatic rings. The van der Waals surface area contributed by atoms with Crippen LogP contribution in [0.5, 0.6) is 0 Å². The van der Waals surface area contributed by atoms with Crippen molar-refractivity contribution in [1.29, 1.82) is 0 Å². The third-order valence-corrected chi connectivity index (χ3v) is 2.57. The maximum absolute atomic E-state index is 12.3. The van der Waals surface area contributed by atoms with Crippen molar-refractivity contribution in [2.75, 3.05) is 16.3 Å². The lowest BCUT2D eigenvalue weighted by Crippen LogP contribution is -2.23. The molecule has 0 heterocycles. The molecule has 0 amide bonds. The standard InChI is InChI=1S/C10H14F2N2O2S/c1-7(10(11)12)13-8-3-5-9(6-4-8)14-17(2,15)16/h3-7,10,13-14H,1-2H3. The molecule has 0 radical (unpaired) electrons. The highest BCUT2D eigenvalue weighted by molar-refractivity contribution is 7.92. The summed E-state index contributed by atoms with van der Waals surface area (Å²) < 4.78 is 48.7. The second kappa shape index (κ2) is 5.31. The van der Waals surface area contributed by atoms with Crippen LogP contribution in [0.2, 0.25) is 0 Å². The summed E-state index contributed by atoms with van der Waals surface area (Å²) >= 11 is 0. The van der Waals surface area contributed by atoms with Crippen LogP contribution >= 0.6 is 0 Å². The van der Waals surface area contributed by atoms with E-state index in [1.807, 2.05) is 0 Å². The number of halogens is 2. The average Bonchev–Trinajstić information content (AvgIpc) is 2.18. The fourth-order valence-electron chi connectivity index (χ4n) is 1.17. The Labute approximate surface area is 99.1 Å². The largest absolute Gasteiger partial charge is 0.377 e. The van der Waals surface area contributed by atoms with Gasteiger partial charge >= 0.3 is 0 Å². The van der Waals surface area contributed by atoms with Crippen molar-refractivity contribution >= 4 is 21.4 Å². The molecule has 0 fully saturated rings. The Morgan fingerprint density at radius 3 is 2.00 bits per heavy atom. The zero-order valence-corrected chi connectivity index (χ0v) is 10.3. The van der Waals surface area contributed by atoms with E-state index in [2.05, 4.69) is 10.0 Å². The van der Waals surface area contributed by atoms with Crippen molar-refractivity contribution in [3.63, 3.8) is 0 Å². The molecule has 7 heteroatoms. The first-order valence-electron chi connectivity index (χ1n) is 4.90. The van der Waals surface area contributed by atoms with Gasteiger partial charge in [0.25, 0.3) is 6.43 Å². The maximum Gasteiger partial charge on any atom is 0.258 e. The van der Waals surface area contributed by atoms with Crippen LogP contribution in [0.3, 0.4) is 0 Å². The average molecular weight is 264 g/mol. The van der Waals surface area contributed by atoms with Gasteiger partial charge in [0.15, 0.2) is 0 Å². The van der Waals surface area contributed by atoms with Crippen LogP contribution in [0.4, 0.5) is 20.2 Å². The molecule has 96 valence electrons. The van der Waals surface area contributed by atoms with E-state index < -0.39 is 22.5 Å². The molecule has 1 atom stereocenters.